The Morgan fingerprint density at radius 1 is 1.24 bits per heavy atom. The van der Waals surface area contributed by atoms with Gasteiger partial charge in [0, 0.05) is 5.69 Å². The number of halogens is 1. The SMILES string of the molecule is CC(Cn1nc(C)cc1C)=C(F)B1OC(C)(C)C(C)(C)O1. The van der Waals surface area contributed by atoms with Crippen LogP contribution in [0.25, 0.3) is 0 Å². The summed E-state index contributed by atoms with van der Waals surface area (Å²) in [5.41, 5.74) is 1.08. The summed E-state index contributed by atoms with van der Waals surface area (Å²) >= 11 is 0. The molecule has 1 saturated heterocycles. The summed E-state index contributed by atoms with van der Waals surface area (Å²) in [5, 5.41) is 4.35. The van der Waals surface area contributed by atoms with E-state index < -0.39 is 18.3 Å². The average molecular weight is 294 g/mol. The Kier molecular flexibility index (Phi) is 4.06. The molecular weight excluding hydrogens is 270 g/mol. The molecule has 0 aromatic carbocycles. The molecule has 0 radical (unpaired) electrons. The van der Waals surface area contributed by atoms with Gasteiger partial charge in [-0.3, -0.25) is 4.68 Å². The molecule has 1 aromatic heterocycles. The van der Waals surface area contributed by atoms with Gasteiger partial charge in [-0.2, -0.15) is 5.10 Å². The summed E-state index contributed by atoms with van der Waals surface area (Å²) < 4.78 is 27.9. The maximum Gasteiger partial charge on any atom is 0.525 e. The first-order chi connectivity index (χ1) is 9.53. The minimum atomic E-state index is -0.938. The average Bonchev–Trinajstić information content (AvgIpc) is 2.75. The molecule has 6 heteroatoms. The molecule has 0 bridgehead atoms. The molecule has 1 fully saturated rings. The summed E-state index contributed by atoms with van der Waals surface area (Å²) in [6.45, 7) is 13.7. The zero-order chi connectivity index (χ0) is 16.0. The summed E-state index contributed by atoms with van der Waals surface area (Å²) in [6.07, 6.45) is 0. The van der Waals surface area contributed by atoms with Crippen LogP contribution in [0.3, 0.4) is 0 Å². The minimum Gasteiger partial charge on any atom is -0.398 e. The van der Waals surface area contributed by atoms with Gasteiger partial charge < -0.3 is 9.31 Å². The number of aromatic nitrogens is 2. The second kappa shape index (κ2) is 5.25. The maximum atomic E-state index is 14.6. The lowest BCUT2D eigenvalue weighted by molar-refractivity contribution is 0.00578. The molecule has 0 spiro atoms. The van der Waals surface area contributed by atoms with E-state index >= 15 is 0 Å². The first-order valence-electron chi connectivity index (χ1n) is 7.25. The topological polar surface area (TPSA) is 36.3 Å². The van der Waals surface area contributed by atoms with Crippen LogP contribution in [0, 0.1) is 13.8 Å². The van der Waals surface area contributed by atoms with Crippen LogP contribution in [-0.2, 0) is 15.9 Å². The molecule has 0 aliphatic carbocycles. The molecule has 0 amide bonds. The molecule has 116 valence electrons. The number of hydrogen-bond acceptors (Lipinski definition) is 3. The lowest BCUT2D eigenvalue weighted by atomic mass is 9.85. The minimum absolute atomic E-state index is 0.360. The van der Waals surface area contributed by atoms with Gasteiger partial charge in [0.1, 0.15) is 5.73 Å². The van der Waals surface area contributed by atoms with E-state index in [1.54, 1.807) is 11.6 Å². The predicted octanol–water partition coefficient (Wildman–Crippen LogP) is 3.37. The zero-order valence-electron chi connectivity index (χ0n) is 14.0. The van der Waals surface area contributed by atoms with Gasteiger partial charge in [-0.25, -0.2) is 4.39 Å². The quantitative estimate of drug-likeness (QED) is 0.802. The lowest BCUT2D eigenvalue weighted by Crippen LogP contribution is -2.41. The lowest BCUT2D eigenvalue weighted by Gasteiger charge is -2.32. The Labute approximate surface area is 126 Å². The van der Waals surface area contributed by atoms with Crippen molar-refractivity contribution in [3.05, 3.63) is 28.8 Å². The van der Waals surface area contributed by atoms with Crippen LogP contribution in [0.1, 0.15) is 46.0 Å². The van der Waals surface area contributed by atoms with Gasteiger partial charge in [-0.05, 0) is 60.1 Å². The molecule has 0 atom stereocenters. The highest BCUT2D eigenvalue weighted by atomic mass is 19.1. The Balaban J connectivity index is 2.18. The second-order valence-electron chi connectivity index (χ2n) is 6.80. The van der Waals surface area contributed by atoms with Crippen molar-refractivity contribution in [1.82, 2.24) is 9.78 Å². The first kappa shape index (κ1) is 16.2. The van der Waals surface area contributed by atoms with E-state index in [1.165, 1.54) is 0 Å². The molecule has 1 aromatic rings. The third-order valence-corrected chi connectivity index (χ3v) is 4.36. The fourth-order valence-corrected chi connectivity index (χ4v) is 2.28. The van der Waals surface area contributed by atoms with Gasteiger partial charge >= 0.3 is 7.12 Å². The van der Waals surface area contributed by atoms with Crippen molar-refractivity contribution in [2.45, 2.75) is 66.2 Å². The van der Waals surface area contributed by atoms with Crippen molar-refractivity contribution in [3.8, 4) is 0 Å². The van der Waals surface area contributed by atoms with E-state index in [0.29, 0.717) is 12.1 Å². The highest BCUT2D eigenvalue weighted by Crippen LogP contribution is 2.39. The van der Waals surface area contributed by atoms with E-state index in [-0.39, 0.29) is 5.73 Å². The van der Waals surface area contributed by atoms with Gasteiger partial charge in [-0.1, -0.05) is 0 Å². The third-order valence-electron chi connectivity index (χ3n) is 4.36. The van der Waals surface area contributed by atoms with Crippen LogP contribution in [0.15, 0.2) is 17.4 Å². The molecule has 2 rings (SSSR count). The maximum absolute atomic E-state index is 14.6. The zero-order valence-corrected chi connectivity index (χ0v) is 14.0. The number of nitrogens with zero attached hydrogens (tertiary/aromatic N) is 2. The van der Waals surface area contributed by atoms with E-state index in [1.807, 2.05) is 47.6 Å². The van der Waals surface area contributed by atoms with Crippen molar-refractivity contribution in [1.29, 1.82) is 0 Å². The summed E-state index contributed by atoms with van der Waals surface area (Å²) in [5.74, 6) is 0. The van der Waals surface area contributed by atoms with Crippen LogP contribution in [0.2, 0.25) is 0 Å². The van der Waals surface area contributed by atoms with E-state index in [9.17, 15) is 4.39 Å². The Morgan fingerprint density at radius 2 is 1.76 bits per heavy atom. The first-order valence-corrected chi connectivity index (χ1v) is 7.25. The molecular formula is C15H24BFN2O2. The Hall–Kier alpha value is -1.14. The van der Waals surface area contributed by atoms with Crippen LogP contribution >= 0.6 is 0 Å². The van der Waals surface area contributed by atoms with Crippen molar-refractivity contribution < 1.29 is 13.7 Å². The van der Waals surface area contributed by atoms with Gasteiger partial charge in [0.2, 0.25) is 0 Å². The number of aryl methyl sites for hydroxylation is 2. The molecule has 2 heterocycles. The standard InChI is InChI=1S/C15H24BFN2O2/c1-10(9-19-12(3)8-11(2)18-19)13(17)16-20-14(4,5)15(6,7)21-16/h8H,9H2,1-7H3. The smallest absolute Gasteiger partial charge is 0.398 e. The van der Waals surface area contributed by atoms with Crippen LogP contribution in [-0.4, -0.2) is 28.1 Å². The van der Waals surface area contributed by atoms with Crippen molar-refractivity contribution in [2.24, 2.45) is 0 Å². The number of rotatable bonds is 3. The third kappa shape index (κ3) is 3.06. The van der Waals surface area contributed by atoms with Gasteiger partial charge in [-0.15, -0.1) is 0 Å². The highest BCUT2D eigenvalue weighted by Gasteiger charge is 2.53. The van der Waals surface area contributed by atoms with E-state index in [4.69, 9.17) is 9.31 Å². The molecule has 0 saturated carbocycles. The summed E-state index contributed by atoms with van der Waals surface area (Å²) in [6, 6.07) is 1.97. The Bertz CT molecular complexity index is 562. The van der Waals surface area contributed by atoms with Crippen LogP contribution in [0.5, 0.6) is 0 Å². The summed E-state index contributed by atoms with van der Waals surface area (Å²) in [4.78, 5) is 0. The van der Waals surface area contributed by atoms with Crippen molar-refractivity contribution >= 4 is 7.12 Å². The van der Waals surface area contributed by atoms with Crippen LogP contribution < -0.4 is 0 Å². The monoisotopic (exact) mass is 294 g/mol. The molecule has 0 unspecified atom stereocenters. The van der Waals surface area contributed by atoms with Crippen molar-refractivity contribution in [3.63, 3.8) is 0 Å². The van der Waals surface area contributed by atoms with Gasteiger partial charge in [0.15, 0.2) is 0 Å². The molecule has 4 nitrogen and oxygen atoms in total. The number of allylic oxidation sites excluding steroid dienone is 1. The fourth-order valence-electron chi connectivity index (χ4n) is 2.28. The molecule has 1 aliphatic heterocycles. The molecule has 21 heavy (non-hydrogen) atoms. The van der Waals surface area contributed by atoms with E-state index in [0.717, 1.165) is 11.4 Å². The second-order valence-corrected chi connectivity index (χ2v) is 6.80. The molecule has 1 aliphatic rings. The fraction of sp³-hybridized carbons (Fsp3) is 0.667. The van der Waals surface area contributed by atoms with Gasteiger partial charge in [0.05, 0.1) is 23.4 Å². The van der Waals surface area contributed by atoms with E-state index in [2.05, 4.69) is 5.10 Å². The van der Waals surface area contributed by atoms with Gasteiger partial charge in [0.25, 0.3) is 0 Å². The normalized spacial score (nSPS) is 21.6. The largest absolute Gasteiger partial charge is 0.525 e. The Morgan fingerprint density at radius 3 is 2.19 bits per heavy atom. The summed E-state index contributed by atoms with van der Waals surface area (Å²) in [7, 11) is -0.938. The highest BCUT2D eigenvalue weighted by molar-refractivity contribution is 6.53. The molecule has 0 N–H and O–H groups in total. The van der Waals surface area contributed by atoms with Crippen LogP contribution in [0.4, 0.5) is 4.39 Å². The number of hydrogen-bond donors (Lipinski definition) is 0. The predicted molar refractivity (Wildman–Crippen MR) is 81.6 cm³/mol. The van der Waals surface area contributed by atoms with Crippen molar-refractivity contribution in [2.75, 3.05) is 0 Å².